The number of carbonyl (C=O) groups excluding carboxylic acids is 1. The molecule has 0 bridgehead atoms. The molecule has 0 unspecified atom stereocenters. The van der Waals surface area contributed by atoms with E-state index in [4.69, 9.17) is 5.73 Å². The fourth-order valence-corrected chi connectivity index (χ4v) is 1.68. The van der Waals surface area contributed by atoms with E-state index in [9.17, 15) is 4.79 Å². The summed E-state index contributed by atoms with van der Waals surface area (Å²) in [7, 11) is 0. The molecule has 2 aromatic rings. The molecule has 0 saturated heterocycles. The Bertz CT molecular complexity index is 541. The SMILES string of the molecule is CC[C@H](N)C(=O)NCc1cnn(-c2ccccc2)c1.Cl. The van der Waals surface area contributed by atoms with E-state index < -0.39 is 6.04 Å². The van der Waals surface area contributed by atoms with E-state index in [0.717, 1.165) is 11.3 Å². The summed E-state index contributed by atoms with van der Waals surface area (Å²) in [5.74, 6) is -0.130. The Balaban J connectivity index is 0.00000200. The Kier molecular flexibility index (Phi) is 6.21. The minimum atomic E-state index is -0.441. The first kappa shape index (κ1) is 16.2. The average molecular weight is 295 g/mol. The van der Waals surface area contributed by atoms with Gasteiger partial charge in [0.05, 0.1) is 17.9 Å². The quantitative estimate of drug-likeness (QED) is 0.880. The predicted molar refractivity (Wildman–Crippen MR) is 80.9 cm³/mol. The summed E-state index contributed by atoms with van der Waals surface area (Å²) in [6.45, 7) is 2.33. The first-order chi connectivity index (χ1) is 9.20. The number of carbonyl (C=O) groups is 1. The van der Waals surface area contributed by atoms with Gasteiger partial charge < -0.3 is 11.1 Å². The third kappa shape index (κ3) is 4.08. The van der Waals surface area contributed by atoms with E-state index in [2.05, 4.69) is 10.4 Å². The van der Waals surface area contributed by atoms with Crippen molar-refractivity contribution in [3.63, 3.8) is 0 Å². The first-order valence-electron chi connectivity index (χ1n) is 6.33. The number of aromatic nitrogens is 2. The normalized spacial score (nSPS) is 11.5. The number of para-hydroxylation sites is 1. The Hall–Kier alpha value is -1.85. The molecule has 0 fully saturated rings. The van der Waals surface area contributed by atoms with Gasteiger partial charge in [0.1, 0.15) is 0 Å². The number of nitrogens with zero attached hydrogens (tertiary/aromatic N) is 2. The molecule has 1 aromatic heterocycles. The van der Waals surface area contributed by atoms with Crippen molar-refractivity contribution in [2.45, 2.75) is 25.9 Å². The maximum absolute atomic E-state index is 11.6. The number of hydrogen-bond donors (Lipinski definition) is 2. The lowest BCUT2D eigenvalue weighted by Crippen LogP contribution is -2.39. The summed E-state index contributed by atoms with van der Waals surface area (Å²) in [5, 5.41) is 7.06. The molecule has 108 valence electrons. The number of rotatable bonds is 5. The zero-order valence-electron chi connectivity index (χ0n) is 11.3. The monoisotopic (exact) mass is 294 g/mol. The molecule has 0 aliphatic heterocycles. The molecule has 5 nitrogen and oxygen atoms in total. The van der Waals surface area contributed by atoms with Crippen LogP contribution in [0.25, 0.3) is 5.69 Å². The molecular formula is C14H19ClN4O. The molecular weight excluding hydrogens is 276 g/mol. The largest absolute Gasteiger partial charge is 0.351 e. The van der Waals surface area contributed by atoms with Crippen molar-refractivity contribution in [1.29, 1.82) is 0 Å². The topological polar surface area (TPSA) is 72.9 Å². The number of hydrogen-bond acceptors (Lipinski definition) is 3. The highest BCUT2D eigenvalue weighted by Gasteiger charge is 2.10. The van der Waals surface area contributed by atoms with Gasteiger partial charge in [-0.25, -0.2) is 4.68 Å². The maximum atomic E-state index is 11.6. The molecule has 1 atom stereocenters. The highest BCUT2D eigenvalue weighted by molar-refractivity contribution is 5.85. The van der Waals surface area contributed by atoms with Gasteiger partial charge >= 0.3 is 0 Å². The number of halogens is 1. The van der Waals surface area contributed by atoms with E-state index in [0.29, 0.717) is 13.0 Å². The third-order valence-corrected chi connectivity index (χ3v) is 2.90. The van der Waals surface area contributed by atoms with Gasteiger partial charge in [-0.1, -0.05) is 25.1 Å². The van der Waals surface area contributed by atoms with E-state index in [-0.39, 0.29) is 18.3 Å². The lowest BCUT2D eigenvalue weighted by molar-refractivity contribution is -0.122. The summed E-state index contributed by atoms with van der Waals surface area (Å²) in [6.07, 6.45) is 4.27. The van der Waals surface area contributed by atoms with Crippen LogP contribution in [0.3, 0.4) is 0 Å². The van der Waals surface area contributed by atoms with Crippen molar-refractivity contribution in [1.82, 2.24) is 15.1 Å². The fraction of sp³-hybridized carbons (Fsp3) is 0.286. The molecule has 0 radical (unpaired) electrons. The summed E-state index contributed by atoms with van der Waals surface area (Å²) in [5.41, 5.74) is 7.58. The fourth-order valence-electron chi connectivity index (χ4n) is 1.68. The summed E-state index contributed by atoms with van der Waals surface area (Å²) < 4.78 is 1.78. The van der Waals surface area contributed by atoms with Crippen LogP contribution in [-0.2, 0) is 11.3 Å². The molecule has 6 heteroatoms. The number of nitrogens with two attached hydrogens (primary N) is 1. The molecule has 0 aliphatic rings. The van der Waals surface area contributed by atoms with Gasteiger partial charge in [-0.2, -0.15) is 5.10 Å². The van der Waals surface area contributed by atoms with Crippen molar-refractivity contribution >= 4 is 18.3 Å². The van der Waals surface area contributed by atoms with Gasteiger partial charge in [-0.3, -0.25) is 4.79 Å². The molecule has 0 spiro atoms. The number of benzene rings is 1. The first-order valence-corrected chi connectivity index (χ1v) is 6.33. The Morgan fingerprint density at radius 2 is 2.10 bits per heavy atom. The van der Waals surface area contributed by atoms with Crippen LogP contribution in [-0.4, -0.2) is 21.7 Å². The second kappa shape index (κ2) is 7.67. The zero-order chi connectivity index (χ0) is 13.7. The molecule has 3 N–H and O–H groups in total. The maximum Gasteiger partial charge on any atom is 0.237 e. The zero-order valence-corrected chi connectivity index (χ0v) is 12.1. The predicted octanol–water partition coefficient (Wildman–Crippen LogP) is 1.65. The van der Waals surface area contributed by atoms with Crippen LogP contribution in [0, 0.1) is 0 Å². The third-order valence-electron chi connectivity index (χ3n) is 2.90. The minimum absolute atomic E-state index is 0. The van der Waals surface area contributed by atoms with Crippen LogP contribution < -0.4 is 11.1 Å². The molecule has 0 saturated carbocycles. The lowest BCUT2D eigenvalue weighted by atomic mass is 10.2. The standard InChI is InChI=1S/C14H18N4O.ClH/c1-2-13(15)14(19)16-8-11-9-17-18(10-11)12-6-4-3-5-7-12;/h3-7,9-10,13H,2,8,15H2,1H3,(H,16,19);1H/t13-;/m0./s1. The highest BCUT2D eigenvalue weighted by Crippen LogP contribution is 2.07. The van der Waals surface area contributed by atoms with Gasteiger partial charge in [0.25, 0.3) is 0 Å². The summed E-state index contributed by atoms with van der Waals surface area (Å²) in [4.78, 5) is 11.6. The van der Waals surface area contributed by atoms with Crippen LogP contribution in [0.1, 0.15) is 18.9 Å². The van der Waals surface area contributed by atoms with Crippen LogP contribution in [0.2, 0.25) is 0 Å². The Labute approximate surface area is 124 Å². The smallest absolute Gasteiger partial charge is 0.237 e. The summed E-state index contributed by atoms with van der Waals surface area (Å²) in [6, 6.07) is 9.38. The van der Waals surface area contributed by atoms with Crippen molar-refractivity contribution in [3.05, 3.63) is 48.3 Å². The molecule has 0 aliphatic carbocycles. The van der Waals surface area contributed by atoms with Gasteiger partial charge in [-0.05, 0) is 18.6 Å². The molecule has 20 heavy (non-hydrogen) atoms. The molecule has 1 heterocycles. The van der Waals surface area contributed by atoms with Crippen molar-refractivity contribution in [2.24, 2.45) is 5.73 Å². The van der Waals surface area contributed by atoms with Gasteiger partial charge in [0.2, 0.25) is 5.91 Å². The second-order valence-corrected chi connectivity index (χ2v) is 4.36. The molecule has 1 amide bonds. The van der Waals surface area contributed by atoms with Crippen LogP contribution in [0.15, 0.2) is 42.7 Å². The van der Waals surface area contributed by atoms with Crippen LogP contribution in [0.4, 0.5) is 0 Å². The van der Waals surface area contributed by atoms with Gasteiger partial charge in [-0.15, -0.1) is 12.4 Å². The van der Waals surface area contributed by atoms with Crippen LogP contribution >= 0.6 is 12.4 Å². The Morgan fingerprint density at radius 3 is 2.75 bits per heavy atom. The van der Waals surface area contributed by atoms with Crippen molar-refractivity contribution in [3.8, 4) is 5.69 Å². The van der Waals surface area contributed by atoms with Gasteiger partial charge in [0, 0.05) is 18.3 Å². The van der Waals surface area contributed by atoms with Crippen molar-refractivity contribution < 1.29 is 4.79 Å². The highest BCUT2D eigenvalue weighted by atomic mass is 35.5. The molecule has 1 aromatic carbocycles. The van der Waals surface area contributed by atoms with Crippen molar-refractivity contribution in [2.75, 3.05) is 0 Å². The van der Waals surface area contributed by atoms with E-state index in [1.165, 1.54) is 0 Å². The summed E-state index contributed by atoms with van der Waals surface area (Å²) >= 11 is 0. The van der Waals surface area contributed by atoms with E-state index in [1.807, 2.05) is 43.5 Å². The number of nitrogens with one attached hydrogen (secondary N) is 1. The number of amides is 1. The van der Waals surface area contributed by atoms with E-state index in [1.54, 1.807) is 10.9 Å². The van der Waals surface area contributed by atoms with Crippen LogP contribution in [0.5, 0.6) is 0 Å². The Morgan fingerprint density at radius 1 is 1.40 bits per heavy atom. The minimum Gasteiger partial charge on any atom is -0.351 e. The van der Waals surface area contributed by atoms with Gasteiger partial charge in [0.15, 0.2) is 0 Å². The average Bonchev–Trinajstić information content (AvgIpc) is 2.93. The lowest BCUT2D eigenvalue weighted by Gasteiger charge is -2.08. The molecule has 2 rings (SSSR count). The van der Waals surface area contributed by atoms with E-state index >= 15 is 0 Å². The second-order valence-electron chi connectivity index (χ2n) is 4.36.